The van der Waals surface area contributed by atoms with Gasteiger partial charge in [-0.25, -0.2) is 23.7 Å². The first kappa shape index (κ1) is 19.7. The molecule has 7 nitrogen and oxygen atoms in total. The lowest BCUT2D eigenvalue weighted by Gasteiger charge is -2.23. The zero-order valence-electron chi connectivity index (χ0n) is 17.2. The van der Waals surface area contributed by atoms with Crippen molar-refractivity contribution < 1.29 is 8.78 Å². The topological polar surface area (TPSA) is 75.5 Å². The number of aromatic amines is 1. The third kappa shape index (κ3) is 3.24. The molecule has 2 aliphatic rings. The lowest BCUT2D eigenvalue weighted by molar-refractivity contribution is 0.257. The van der Waals surface area contributed by atoms with E-state index in [9.17, 15) is 8.78 Å². The highest BCUT2D eigenvalue weighted by Crippen LogP contribution is 2.36. The molecule has 1 fully saturated rings. The number of hydrogen-bond acceptors (Lipinski definition) is 6. The minimum absolute atomic E-state index is 0.00698. The molecule has 0 amide bonds. The summed E-state index contributed by atoms with van der Waals surface area (Å²) in [6, 6.07) is 3.10. The third-order valence-corrected chi connectivity index (χ3v) is 7.44. The van der Waals surface area contributed by atoms with E-state index in [-0.39, 0.29) is 11.7 Å². The van der Waals surface area contributed by atoms with Gasteiger partial charge in [-0.2, -0.15) is 5.10 Å². The first-order chi connectivity index (χ1) is 15.7. The molecule has 0 aliphatic carbocycles. The van der Waals surface area contributed by atoms with Gasteiger partial charge in [0.15, 0.2) is 11.6 Å². The molecule has 6 heterocycles. The molecule has 10 heteroatoms. The van der Waals surface area contributed by atoms with Crippen molar-refractivity contribution >= 4 is 28.6 Å². The number of alkyl halides is 1. The molecule has 0 spiro atoms. The van der Waals surface area contributed by atoms with Crippen molar-refractivity contribution in [3.8, 4) is 11.3 Å². The van der Waals surface area contributed by atoms with E-state index in [4.69, 9.17) is 0 Å². The zero-order chi connectivity index (χ0) is 21.7. The number of nitrogens with one attached hydrogen (secondary N) is 1. The Hall–Kier alpha value is -3.01. The van der Waals surface area contributed by atoms with Gasteiger partial charge in [-0.05, 0) is 30.5 Å². The maximum absolute atomic E-state index is 14.7. The molecule has 0 bridgehead atoms. The van der Waals surface area contributed by atoms with E-state index in [0.717, 1.165) is 51.5 Å². The summed E-state index contributed by atoms with van der Waals surface area (Å²) in [5, 5.41) is 6.27. The highest BCUT2D eigenvalue weighted by molar-refractivity contribution is 7.99. The summed E-state index contributed by atoms with van der Waals surface area (Å²) in [6.45, 7) is 0.657. The van der Waals surface area contributed by atoms with Crippen LogP contribution in [-0.2, 0) is 6.42 Å². The zero-order valence-corrected chi connectivity index (χ0v) is 18.0. The van der Waals surface area contributed by atoms with Gasteiger partial charge in [0.05, 0.1) is 17.9 Å². The van der Waals surface area contributed by atoms with E-state index in [1.807, 2.05) is 23.4 Å². The number of aryl methyl sites for hydroxylation is 1. The molecule has 2 atom stereocenters. The number of aromatic nitrogens is 6. The molecule has 2 aliphatic heterocycles. The fourth-order valence-corrected chi connectivity index (χ4v) is 5.75. The highest BCUT2D eigenvalue weighted by Gasteiger charge is 2.34. The van der Waals surface area contributed by atoms with Gasteiger partial charge in [-0.15, -0.1) is 11.8 Å². The van der Waals surface area contributed by atoms with Crippen LogP contribution in [0.1, 0.15) is 18.0 Å². The molecular formula is C22H21F2N7S. The fraction of sp³-hybridized carbons (Fsp3) is 0.364. The second-order valence-electron chi connectivity index (χ2n) is 8.24. The summed E-state index contributed by atoms with van der Waals surface area (Å²) < 4.78 is 30.6. The molecule has 0 aromatic carbocycles. The van der Waals surface area contributed by atoms with Crippen LogP contribution < -0.4 is 4.90 Å². The van der Waals surface area contributed by atoms with Gasteiger partial charge in [0, 0.05) is 48.1 Å². The van der Waals surface area contributed by atoms with Crippen LogP contribution in [0.15, 0.2) is 42.1 Å². The quantitative estimate of drug-likeness (QED) is 0.492. The summed E-state index contributed by atoms with van der Waals surface area (Å²) >= 11 is 1.67. The number of nitrogens with zero attached hydrogens (tertiary/aromatic N) is 6. The molecule has 4 aromatic rings. The molecule has 6 rings (SSSR count). The molecule has 0 saturated carbocycles. The summed E-state index contributed by atoms with van der Waals surface area (Å²) in [7, 11) is 0. The van der Waals surface area contributed by atoms with Crippen LogP contribution in [0.5, 0.6) is 0 Å². The summed E-state index contributed by atoms with van der Waals surface area (Å²) in [5.74, 6) is 1.05. The van der Waals surface area contributed by atoms with E-state index in [2.05, 4.69) is 25.0 Å². The highest BCUT2D eigenvalue weighted by atomic mass is 32.2. The molecule has 1 N–H and O–H groups in total. The second kappa shape index (κ2) is 7.84. The van der Waals surface area contributed by atoms with Crippen molar-refractivity contribution in [2.24, 2.45) is 5.92 Å². The van der Waals surface area contributed by atoms with Gasteiger partial charge in [0.1, 0.15) is 23.7 Å². The summed E-state index contributed by atoms with van der Waals surface area (Å²) in [5.41, 5.74) is 3.31. The summed E-state index contributed by atoms with van der Waals surface area (Å²) in [6.07, 6.45) is 8.49. The van der Waals surface area contributed by atoms with E-state index in [0.29, 0.717) is 18.9 Å². The van der Waals surface area contributed by atoms with E-state index in [1.54, 1.807) is 28.7 Å². The van der Waals surface area contributed by atoms with Crippen LogP contribution >= 0.6 is 11.8 Å². The van der Waals surface area contributed by atoms with E-state index < -0.39 is 12.7 Å². The van der Waals surface area contributed by atoms with Crippen molar-refractivity contribution in [1.82, 2.24) is 29.7 Å². The predicted octanol–water partition coefficient (Wildman–Crippen LogP) is 4.04. The fourth-order valence-electron chi connectivity index (χ4n) is 4.73. The first-order valence-corrected chi connectivity index (χ1v) is 11.7. The van der Waals surface area contributed by atoms with Gasteiger partial charge < -0.3 is 9.88 Å². The van der Waals surface area contributed by atoms with Crippen molar-refractivity contribution in [2.45, 2.75) is 23.9 Å². The number of rotatable bonds is 5. The lowest BCUT2D eigenvalue weighted by Crippen LogP contribution is -2.27. The predicted molar refractivity (Wildman–Crippen MR) is 119 cm³/mol. The smallest absolute Gasteiger partial charge is 0.166 e. The normalized spacial score (nSPS) is 19.1. The van der Waals surface area contributed by atoms with Crippen LogP contribution in [0.4, 0.5) is 14.6 Å². The Bertz CT molecular complexity index is 1290. The second-order valence-corrected chi connectivity index (χ2v) is 9.33. The van der Waals surface area contributed by atoms with Gasteiger partial charge >= 0.3 is 0 Å². The first-order valence-electron chi connectivity index (χ1n) is 10.7. The number of pyridine rings is 1. The molecule has 2 unspecified atom stereocenters. The third-order valence-electron chi connectivity index (χ3n) is 6.40. The molecular weight excluding hydrogens is 432 g/mol. The van der Waals surface area contributed by atoms with E-state index in [1.165, 1.54) is 6.33 Å². The number of anilines is 1. The summed E-state index contributed by atoms with van der Waals surface area (Å²) in [4.78, 5) is 18.2. The van der Waals surface area contributed by atoms with Crippen LogP contribution in [0.3, 0.4) is 0 Å². The SMILES string of the molecule is FCC(C1CCN(c2nc3c(cc2F)CCS3)C1)n1cc(-c2ncnc3[nH]ccc23)cn1. The van der Waals surface area contributed by atoms with Gasteiger partial charge in [0.2, 0.25) is 0 Å². The van der Waals surface area contributed by atoms with Crippen LogP contribution in [0.25, 0.3) is 22.3 Å². The number of fused-ring (bicyclic) bond motifs is 2. The van der Waals surface area contributed by atoms with Gasteiger partial charge in [0.25, 0.3) is 0 Å². The molecule has 32 heavy (non-hydrogen) atoms. The number of hydrogen-bond donors (Lipinski definition) is 1. The number of H-pyrrole nitrogens is 1. The molecule has 164 valence electrons. The van der Waals surface area contributed by atoms with Crippen molar-refractivity contribution in [3.05, 3.63) is 48.4 Å². The number of halogens is 2. The largest absolute Gasteiger partial charge is 0.354 e. The Balaban J connectivity index is 1.24. The molecule has 1 saturated heterocycles. The van der Waals surface area contributed by atoms with E-state index >= 15 is 0 Å². The number of thioether (sulfide) groups is 1. The lowest BCUT2D eigenvalue weighted by atomic mass is 10.0. The average Bonchev–Trinajstić information content (AvgIpc) is 3.59. The Morgan fingerprint density at radius 3 is 3.16 bits per heavy atom. The monoisotopic (exact) mass is 453 g/mol. The Kier molecular flexibility index (Phi) is 4.82. The van der Waals surface area contributed by atoms with Crippen molar-refractivity contribution in [3.63, 3.8) is 0 Å². The maximum Gasteiger partial charge on any atom is 0.166 e. The molecule has 4 aromatic heterocycles. The minimum atomic E-state index is -0.543. The standard InChI is InChI=1S/C22H21F2N7S/c23-8-18(31-11-15(9-28-31)19-16-1-4-25-20(16)27-12-26-19)14-2-5-30(10-14)21-17(24)7-13-3-6-32-22(13)29-21/h1,4,7,9,11-12,14,18H,2-3,5-6,8,10H2,(H,25,26,27). The minimum Gasteiger partial charge on any atom is -0.354 e. The molecule has 0 radical (unpaired) electrons. The average molecular weight is 454 g/mol. The Morgan fingerprint density at radius 2 is 2.25 bits per heavy atom. The van der Waals surface area contributed by atoms with Gasteiger partial charge in [-0.3, -0.25) is 4.68 Å². The van der Waals surface area contributed by atoms with Crippen molar-refractivity contribution in [1.29, 1.82) is 0 Å². The van der Waals surface area contributed by atoms with Gasteiger partial charge in [-0.1, -0.05) is 0 Å². The Morgan fingerprint density at radius 1 is 1.31 bits per heavy atom. The van der Waals surface area contributed by atoms with Crippen LogP contribution in [-0.4, -0.2) is 55.2 Å². The Labute approximate surface area is 187 Å². The van der Waals surface area contributed by atoms with Crippen LogP contribution in [0.2, 0.25) is 0 Å². The van der Waals surface area contributed by atoms with Crippen LogP contribution in [0, 0.1) is 11.7 Å². The van der Waals surface area contributed by atoms with Crippen molar-refractivity contribution in [2.75, 3.05) is 30.4 Å². The maximum atomic E-state index is 14.7.